The second-order valence-electron chi connectivity index (χ2n) is 3.97. The molecular weight excluding hydrogens is 289 g/mol. The number of thiophene rings is 1. The van der Waals surface area contributed by atoms with Crippen molar-refractivity contribution in [3.8, 4) is 0 Å². The van der Waals surface area contributed by atoms with Gasteiger partial charge >= 0.3 is 0 Å². The molecule has 0 saturated heterocycles. The van der Waals surface area contributed by atoms with Crippen molar-refractivity contribution in [2.45, 2.75) is 6.42 Å². The van der Waals surface area contributed by atoms with Crippen molar-refractivity contribution in [3.63, 3.8) is 0 Å². The van der Waals surface area contributed by atoms with Gasteiger partial charge in [0.05, 0.1) is 12.4 Å². The maximum Gasteiger partial charge on any atom is 0.264 e. The van der Waals surface area contributed by atoms with Crippen LogP contribution in [-0.4, -0.2) is 26.8 Å². The minimum Gasteiger partial charge on any atom is -0.268 e. The van der Waals surface area contributed by atoms with E-state index in [1.54, 1.807) is 29.5 Å². The minimum atomic E-state index is -3.77. The van der Waals surface area contributed by atoms with E-state index in [1.807, 2.05) is 16.2 Å². The number of benzene rings is 1. The van der Waals surface area contributed by atoms with Crippen molar-refractivity contribution in [1.82, 2.24) is 4.72 Å². The lowest BCUT2D eigenvalue weighted by atomic mass is 10.1. The molecular formula is C12H12FNO3S2. The molecule has 0 spiro atoms. The highest BCUT2D eigenvalue weighted by atomic mass is 32.2. The number of amides is 1. The van der Waals surface area contributed by atoms with E-state index in [2.05, 4.69) is 0 Å². The molecule has 0 atom stereocenters. The average Bonchev–Trinajstić information content (AvgIpc) is 2.83. The van der Waals surface area contributed by atoms with Crippen molar-refractivity contribution in [2.24, 2.45) is 0 Å². The Hall–Kier alpha value is -1.47. The number of carbonyl (C=O) groups is 1. The monoisotopic (exact) mass is 301 g/mol. The van der Waals surface area contributed by atoms with Crippen LogP contribution in [0.1, 0.15) is 16.8 Å². The Morgan fingerprint density at radius 2 is 2.11 bits per heavy atom. The quantitative estimate of drug-likeness (QED) is 0.922. The standard InChI is InChI=1S/C12H12FNO3S2/c13-5-1-7-19(16,17)14-12(15)10-2-3-11-9(8-10)4-6-18-11/h2-4,6,8H,1,5,7H2,(H,14,15). The summed E-state index contributed by atoms with van der Waals surface area (Å²) in [5.41, 5.74) is 0.273. The van der Waals surface area contributed by atoms with Gasteiger partial charge in [-0.2, -0.15) is 0 Å². The van der Waals surface area contributed by atoms with E-state index in [0.29, 0.717) is 0 Å². The highest BCUT2D eigenvalue weighted by Crippen LogP contribution is 2.21. The van der Waals surface area contributed by atoms with Crippen LogP contribution in [0, 0.1) is 0 Å². The summed E-state index contributed by atoms with van der Waals surface area (Å²) in [6, 6.07) is 6.82. The molecule has 0 unspecified atom stereocenters. The summed E-state index contributed by atoms with van der Waals surface area (Å²) in [6.45, 7) is -0.726. The van der Waals surface area contributed by atoms with Crippen LogP contribution in [0.5, 0.6) is 0 Å². The Kier molecular flexibility index (Phi) is 4.16. The molecule has 0 aliphatic heterocycles. The first-order valence-electron chi connectivity index (χ1n) is 5.60. The zero-order chi connectivity index (χ0) is 13.9. The largest absolute Gasteiger partial charge is 0.268 e. The lowest BCUT2D eigenvalue weighted by Gasteiger charge is -2.06. The third-order valence-electron chi connectivity index (χ3n) is 2.51. The highest BCUT2D eigenvalue weighted by Gasteiger charge is 2.16. The Labute approximate surface area is 114 Å². The molecule has 7 heteroatoms. The van der Waals surface area contributed by atoms with Gasteiger partial charge in [-0.25, -0.2) is 13.1 Å². The van der Waals surface area contributed by atoms with Crippen molar-refractivity contribution in [3.05, 3.63) is 35.2 Å². The van der Waals surface area contributed by atoms with Gasteiger partial charge in [-0.15, -0.1) is 11.3 Å². The molecule has 102 valence electrons. The van der Waals surface area contributed by atoms with Crippen LogP contribution < -0.4 is 4.72 Å². The van der Waals surface area contributed by atoms with Gasteiger partial charge in [-0.05, 0) is 41.5 Å². The first-order chi connectivity index (χ1) is 9.02. The number of rotatable bonds is 5. The van der Waals surface area contributed by atoms with Gasteiger partial charge in [0.2, 0.25) is 10.0 Å². The Bertz CT molecular complexity index is 694. The number of nitrogens with one attached hydrogen (secondary N) is 1. The molecule has 0 radical (unpaired) electrons. The molecule has 1 aromatic heterocycles. The third-order valence-corrected chi connectivity index (χ3v) is 4.73. The van der Waals surface area contributed by atoms with E-state index in [4.69, 9.17) is 0 Å². The average molecular weight is 301 g/mol. The highest BCUT2D eigenvalue weighted by molar-refractivity contribution is 7.90. The Morgan fingerprint density at radius 1 is 1.32 bits per heavy atom. The molecule has 0 aliphatic rings. The number of hydrogen-bond acceptors (Lipinski definition) is 4. The molecule has 1 aromatic carbocycles. The summed E-state index contributed by atoms with van der Waals surface area (Å²) >= 11 is 1.54. The van der Waals surface area contributed by atoms with Crippen molar-refractivity contribution >= 4 is 37.4 Å². The summed E-state index contributed by atoms with van der Waals surface area (Å²) in [7, 11) is -3.77. The number of fused-ring (bicyclic) bond motifs is 1. The van der Waals surface area contributed by atoms with Crippen LogP contribution in [0.15, 0.2) is 29.6 Å². The van der Waals surface area contributed by atoms with Crippen molar-refractivity contribution in [2.75, 3.05) is 12.4 Å². The molecule has 0 fully saturated rings. The lowest BCUT2D eigenvalue weighted by molar-refractivity contribution is 0.0981. The molecule has 4 nitrogen and oxygen atoms in total. The topological polar surface area (TPSA) is 63.2 Å². The fraction of sp³-hybridized carbons (Fsp3) is 0.250. The number of hydrogen-bond donors (Lipinski definition) is 1. The Balaban J connectivity index is 2.15. The number of alkyl halides is 1. The summed E-state index contributed by atoms with van der Waals surface area (Å²) in [4.78, 5) is 11.8. The molecule has 1 N–H and O–H groups in total. The van der Waals surface area contributed by atoms with Crippen molar-refractivity contribution in [1.29, 1.82) is 0 Å². The SMILES string of the molecule is O=C(NS(=O)(=O)CCCF)c1ccc2sccc2c1. The molecule has 0 aliphatic carbocycles. The first kappa shape index (κ1) is 14.0. The van der Waals surface area contributed by atoms with E-state index in [0.717, 1.165) is 10.1 Å². The molecule has 2 rings (SSSR count). The fourth-order valence-corrected chi connectivity index (χ4v) is 3.37. The molecule has 19 heavy (non-hydrogen) atoms. The lowest BCUT2D eigenvalue weighted by Crippen LogP contribution is -2.32. The van der Waals surface area contributed by atoms with E-state index in [9.17, 15) is 17.6 Å². The zero-order valence-electron chi connectivity index (χ0n) is 9.93. The molecule has 1 heterocycles. The van der Waals surface area contributed by atoms with E-state index >= 15 is 0 Å². The number of halogens is 1. The normalized spacial score (nSPS) is 11.6. The smallest absolute Gasteiger partial charge is 0.264 e. The van der Waals surface area contributed by atoms with Crippen LogP contribution in [0.2, 0.25) is 0 Å². The van der Waals surface area contributed by atoms with Crippen LogP contribution in [0.25, 0.3) is 10.1 Å². The van der Waals surface area contributed by atoms with Crippen LogP contribution >= 0.6 is 11.3 Å². The van der Waals surface area contributed by atoms with Crippen LogP contribution in [0.4, 0.5) is 4.39 Å². The summed E-state index contributed by atoms with van der Waals surface area (Å²) in [5, 5.41) is 2.78. The maximum absolute atomic E-state index is 11.9. The fourth-order valence-electron chi connectivity index (χ4n) is 1.60. The molecule has 1 amide bonds. The van der Waals surface area contributed by atoms with Gasteiger partial charge in [-0.3, -0.25) is 9.18 Å². The Morgan fingerprint density at radius 3 is 2.84 bits per heavy atom. The summed E-state index contributed by atoms with van der Waals surface area (Å²) < 4.78 is 37.9. The predicted molar refractivity (Wildman–Crippen MR) is 73.7 cm³/mol. The second kappa shape index (κ2) is 5.66. The van der Waals surface area contributed by atoms with Gasteiger partial charge in [0.1, 0.15) is 0 Å². The third kappa shape index (κ3) is 3.51. The van der Waals surface area contributed by atoms with Gasteiger partial charge in [0.15, 0.2) is 0 Å². The first-order valence-corrected chi connectivity index (χ1v) is 8.13. The van der Waals surface area contributed by atoms with Gasteiger partial charge < -0.3 is 0 Å². The number of carbonyl (C=O) groups excluding carboxylic acids is 1. The van der Waals surface area contributed by atoms with Crippen LogP contribution in [-0.2, 0) is 10.0 Å². The summed E-state index contributed by atoms with van der Waals surface area (Å²) in [5.74, 6) is -1.08. The minimum absolute atomic E-state index is 0.119. The van der Waals surface area contributed by atoms with Gasteiger partial charge in [-0.1, -0.05) is 0 Å². The van der Waals surface area contributed by atoms with Gasteiger partial charge in [0.25, 0.3) is 5.91 Å². The van der Waals surface area contributed by atoms with E-state index < -0.39 is 28.4 Å². The second-order valence-corrected chi connectivity index (χ2v) is 6.76. The maximum atomic E-state index is 11.9. The molecule has 0 bridgehead atoms. The molecule has 0 saturated carbocycles. The van der Waals surface area contributed by atoms with Gasteiger partial charge in [0, 0.05) is 10.3 Å². The van der Waals surface area contributed by atoms with E-state index in [-0.39, 0.29) is 12.0 Å². The van der Waals surface area contributed by atoms with Crippen molar-refractivity contribution < 1.29 is 17.6 Å². The van der Waals surface area contributed by atoms with E-state index in [1.165, 1.54) is 0 Å². The summed E-state index contributed by atoms with van der Waals surface area (Å²) in [6.07, 6.45) is -0.119. The van der Waals surface area contributed by atoms with Crippen LogP contribution in [0.3, 0.4) is 0 Å². The molecule has 2 aromatic rings. The zero-order valence-corrected chi connectivity index (χ0v) is 11.6. The number of sulfonamides is 1. The predicted octanol–water partition coefficient (Wildman–Crippen LogP) is 2.32.